The molecule has 2 amide bonds. The zero-order valence-corrected chi connectivity index (χ0v) is 23.1. The van der Waals surface area contributed by atoms with Gasteiger partial charge in [0.05, 0.1) is 24.9 Å². The van der Waals surface area contributed by atoms with E-state index < -0.39 is 12.1 Å². The van der Waals surface area contributed by atoms with Crippen LogP contribution in [0.5, 0.6) is 11.5 Å². The number of hydrogen-bond donors (Lipinski definition) is 3. The van der Waals surface area contributed by atoms with Crippen LogP contribution in [0.15, 0.2) is 36.4 Å². The molecule has 1 aliphatic heterocycles. The first-order chi connectivity index (χ1) is 18.3. The SMILES string of the molecule is COc1ccc(C23CCC(NC(=O)Nc4cc(Cl)ccc4Cl)CC2N(C)CC3)cc1OC.O=C(O)C(F)(F)F. The van der Waals surface area contributed by atoms with E-state index in [1.165, 1.54) is 5.56 Å². The topological polar surface area (TPSA) is 100 Å². The maximum atomic E-state index is 12.7. The minimum Gasteiger partial charge on any atom is -0.493 e. The molecule has 3 N–H and O–H groups in total. The van der Waals surface area contributed by atoms with Gasteiger partial charge >= 0.3 is 18.2 Å². The Morgan fingerprint density at radius 2 is 1.74 bits per heavy atom. The van der Waals surface area contributed by atoms with Crippen LogP contribution in [-0.4, -0.2) is 68.1 Å². The lowest BCUT2D eigenvalue weighted by Crippen LogP contribution is -2.52. The average Bonchev–Trinajstić information content (AvgIpc) is 3.22. The van der Waals surface area contributed by atoms with Crippen LogP contribution in [0.1, 0.15) is 31.2 Å². The highest BCUT2D eigenvalue weighted by atomic mass is 35.5. The Labute approximate surface area is 234 Å². The van der Waals surface area contributed by atoms with Crippen LogP contribution in [0.4, 0.5) is 23.7 Å². The molecule has 0 spiro atoms. The fraction of sp³-hybridized carbons (Fsp3) is 0.462. The fourth-order valence-electron chi connectivity index (χ4n) is 5.33. The number of nitrogens with one attached hydrogen (secondary N) is 2. The number of nitrogens with zero attached hydrogens (tertiary/aromatic N) is 1. The Hall–Kier alpha value is -2.89. The van der Waals surface area contributed by atoms with Crippen molar-refractivity contribution in [2.45, 2.75) is 49.4 Å². The first kappa shape index (κ1) is 30.6. The summed E-state index contributed by atoms with van der Waals surface area (Å²) in [6, 6.07) is 11.4. The molecule has 39 heavy (non-hydrogen) atoms. The first-order valence-electron chi connectivity index (χ1n) is 12.1. The van der Waals surface area contributed by atoms with Crippen molar-refractivity contribution in [3.05, 3.63) is 52.0 Å². The molecule has 1 aliphatic carbocycles. The quantitative estimate of drug-likeness (QED) is 0.397. The third kappa shape index (κ3) is 7.20. The lowest BCUT2D eigenvalue weighted by Gasteiger charge is -2.45. The summed E-state index contributed by atoms with van der Waals surface area (Å²) in [4.78, 5) is 24.0. The lowest BCUT2D eigenvalue weighted by molar-refractivity contribution is -0.192. The number of aliphatic carboxylic acids is 1. The number of likely N-dealkylation sites (N-methyl/N-ethyl adjacent to an activating group) is 1. The summed E-state index contributed by atoms with van der Waals surface area (Å²) in [6.07, 6.45) is -1.24. The molecular formula is C26H30Cl2F3N3O5. The van der Waals surface area contributed by atoms with Crippen LogP contribution >= 0.6 is 23.2 Å². The van der Waals surface area contributed by atoms with Crippen molar-refractivity contribution in [1.29, 1.82) is 0 Å². The molecule has 1 saturated heterocycles. The first-order valence-corrected chi connectivity index (χ1v) is 12.8. The number of anilines is 1. The van der Waals surface area contributed by atoms with Crippen molar-refractivity contribution in [1.82, 2.24) is 10.2 Å². The summed E-state index contributed by atoms with van der Waals surface area (Å²) in [6.45, 7) is 1.02. The molecule has 3 atom stereocenters. The van der Waals surface area contributed by atoms with Crippen LogP contribution in [0, 0.1) is 0 Å². The van der Waals surface area contributed by atoms with E-state index in [-0.39, 0.29) is 17.5 Å². The van der Waals surface area contributed by atoms with Gasteiger partial charge in [0.25, 0.3) is 0 Å². The number of carbonyl (C=O) groups is 2. The standard InChI is InChI=1S/C24H29Cl2N3O3.C2HF3O2/c1-29-11-10-24(15-4-7-20(31-2)21(12-15)32-3)9-8-17(14-22(24)29)27-23(30)28-19-13-16(25)5-6-18(19)26;3-2(4,5)1(6)7/h4-7,12-13,17,22H,8-11,14H2,1-3H3,(H2,27,28,30);(H,6,7). The fourth-order valence-corrected chi connectivity index (χ4v) is 5.67. The molecule has 4 rings (SSSR count). The molecule has 8 nitrogen and oxygen atoms in total. The van der Waals surface area contributed by atoms with E-state index in [2.05, 4.69) is 34.7 Å². The number of amides is 2. The highest BCUT2D eigenvalue weighted by Crippen LogP contribution is 2.49. The molecule has 214 valence electrons. The van der Waals surface area contributed by atoms with Crippen molar-refractivity contribution >= 4 is 40.9 Å². The predicted octanol–water partition coefficient (Wildman–Crippen LogP) is 5.96. The molecule has 0 aromatic heterocycles. The molecule has 0 bridgehead atoms. The van der Waals surface area contributed by atoms with Crippen LogP contribution in [-0.2, 0) is 10.2 Å². The molecule has 3 unspecified atom stereocenters. The Morgan fingerprint density at radius 1 is 1.08 bits per heavy atom. The minimum atomic E-state index is -5.08. The smallest absolute Gasteiger partial charge is 0.490 e. The second kappa shape index (κ2) is 12.5. The Morgan fingerprint density at radius 3 is 2.36 bits per heavy atom. The number of carbonyl (C=O) groups excluding carboxylic acids is 1. The lowest BCUT2D eigenvalue weighted by atomic mass is 9.65. The number of carboxylic acid groups (broad SMARTS) is 1. The van der Waals surface area contributed by atoms with Gasteiger partial charge in [0.15, 0.2) is 11.5 Å². The molecule has 13 heteroatoms. The Kier molecular flexibility index (Phi) is 9.84. The number of ether oxygens (including phenoxy) is 2. The van der Waals surface area contributed by atoms with E-state index in [9.17, 15) is 18.0 Å². The van der Waals surface area contributed by atoms with Crippen molar-refractivity contribution in [2.24, 2.45) is 0 Å². The number of fused-ring (bicyclic) bond motifs is 1. The Bertz CT molecular complexity index is 1200. The summed E-state index contributed by atoms with van der Waals surface area (Å²) in [5.74, 6) is -1.26. The number of halogens is 5. The maximum Gasteiger partial charge on any atom is 0.490 e. The summed E-state index contributed by atoms with van der Waals surface area (Å²) < 4.78 is 42.7. The molecule has 2 fully saturated rings. The van der Waals surface area contributed by atoms with E-state index in [4.69, 9.17) is 42.6 Å². The van der Waals surface area contributed by atoms with Gasteiger partial charge in [0.1, 0.15) is 0 Å². The number of carboxylic acids is 1. The molecule has 2 aromatic carbocycles. The molecule has 0 radical (unpaired) electrons. The van der Waals surface area contributed by atoms with Crippen LogP contribution in [0.2, 0.25) is 10.0 Å². The number of likely N-dealkylation sites (tertiary alicyclic amines) is 1. The zero-order valence-electron chi connectivity index (χ0n) is 21.6. The summed E-state index contributed by atoms with van der Waals surface area (Å²) in [7, 11) is 5.49. The van der Waals surface area contributed by atoms with E-state index in [1.54, 1.807) is 32.4 Å². The van der Waals surface area contributed by atoms with Gasteiger partial charge in [0.2, 0.25) is 0 Å². The van der Waals surface area contributed by atoms with Crippen LogP contribution < -0.4 is 20.1 Å². The van der Waals surface area contributed by atoms with Crippen molar-refractivity contribution in [3.63, 3.8) is 0 Å². The second-order valence-corrected chi connectivity index (χ2v) is 10.3. The number of hydrogen-bond acceptors (Lipinski definition) is 5. The van der Waals surface area contributed by atoms with Gasteiger partial charge in [0, 0.05) is 22.5 Å². The van der Waals surface area contributed by atoms with Crippen molar-refractivity contribution in [3.8, 4) is 11.5 Å². The van der Waals surface area contributed by atoms with E-state index >= 15 is 0 Å². The number of benzene rings is 2. The number of alkyl halides is 3. The van der Waals surface area contributed by atoms with Gasteiger partial charge < -0.3 is 30.1 Å². The zero-order chi connectivity index (χ0) is 29.0. The summed E-state index contributed by atoms with van der Waals surface area (Å²) in [5.41, 5.74) is 1.82. The molecule has 2 aromatic rings. The highest BCUT2D eigenvalue weighted by Gasteiger charge is 2.50. The van der Waals surface area contributed by atoms with Gasteiger partial charge in [-0.1, -0.05) is 29.3 Å². The van der Waals surface area contributed by atoms with E-state index in [0.29, 0.717) is 21.8 Å². The maximum absolute atomic E-state index is 12.7. The Balaban J connectivity index is 0.000000532. The van der Waals surface area contributed by atoms with Gasteiger partial charge in [-0.25, -0.2) is 9.59 Å². The second-order valence-electron chi connectivity index (χ2n) is 9.47. The highest BCUT2D eigenvalue weighted by molar-refractivity contribution is 6.35. The third-order valence-electron chi connectivity index (χ3n) is 7.24. The summed E-state index contributed by atoms with van der Waals surface area (Å²) >= 11 is 12.2. The van der Waals surface area contributed by atoms with Crippen molar-refractivity contribution < 1.29 is 37.3 Å². The molecule has 1 heterocycles. The predicted molar refractivity (Wildman–Crippen MR) is 142 cm³/mol. The van der Waals surface area contributed by atoms with Gasteiger partial charge in [-0.05, 0) is 75.2 Å². The van der Waals surface area contributed by atoms with E-state index in [0.717, 1.165) is 43.7 Å². The van der Waals surface area contributed by atoms with Gasteiger partial charge in [-0.15, -0.1) is 0 Å². The average molecular weight is 592 g/mol. The monoisotopic (exact) mass is 591 g/mol. The van der Waals surface area contributed by atoms with Crippen LogP contribution in [0.25, 0.3) is 0 Å². The van der Waals surface area contributed by atoms with Crippen LogP contribution in [0.3, 0.4) is 0 Å². The number of urea groups is 1. The largest absolute Gasteiger partial charge is 0.493 e. The van der Waals surface area contributed by atoms with Gasteiger partial charge in [-0.2, -0.15) is 13.2 Å². The van der Waals surface area contributed by atoms with E-state index in [1.807, 2.05) is 6.07 Å². The normalized spacial score (nSPS) is 22.7. The molecule has 1 saturated carbocycles. The van der Waals surface area contributed by atoms with Gasteiger partial charge in [-0.3, -0.25) is 0 Å². The summed E-state index contributed by atoms with van der Waals surface area (Å²) in [5, 5.41) is 14.1. The number of methoxy groups -OCH3 is 2. The molecule has 2 aliphatic rings. The molecular weight excluding hydrogens is 562 g/mol. The minimum absolute atomic E-state index is 0.0409. The van der Waals surface area contributed by atoms with Crippen molar-refractivity contribution in [2.75, 3.05) is 33.1 Å². The number of rotatable bonds is 5. The third-order valence-corrected chi connectivity index (χ3v) is 7.80.